The van der Waals surface area contributed by atoms with Gasteiger partial charge in [-0.15, -0.1) is 0 Å². The SMILES string of the molecule is CC(C)c1cccc(C(C)C)c1NC(=O)Nc1ccc(N2CCC(Cc3ccccc3)CC2)c(C(=O)N2CCCC2)c1. The van der Waals surface area contributed by atoms with Gasteiger partial charge in [0.2, 0.25) is 0 Å². The number of anilines is 3. The molecule has 2 aliphatic rings. The van der Waals surface area contributed by atoms with Gasteiger partial charge in [-0.2, -0.15) is 0 Å². The van der Waals surface area contributed by atoms with Crippen molar-refractivity contribution < 1.29 is 9.59 Å². The number of para-hydroxylation sites is 1. The number of urea groups is 1. The van der Waals surface area contributed by atoms with E-state index in [1.807, 2.05) is 23.1 Å². The van der Waals surface area contributed by atoms with Crippen LogP contribution in [-0.2, 0) is 6.42 Å². The molecule has 2 saturated heterocycles. The largest absolute Gasteiger partial charge is 0.371 e. The van der Waals surface area contributed by atoms with Gasteiger partial charge in [0.15, 0.2) is 0 Å². The van der Waals surface area contributed by atoms with Crippen molar-refractivity contribution in [1.29, 1.82) is 0 Å². The van der Waals surface area contributed by atoms with Gasteiger partial charge in [0.1, 0.15) is 0 Å². The monoisotopic (exact) mass is 566 g/mol. The number of rotatable bonds is 8. The molecule has 222 valence electrons. The summed E-state index contributed by atoms with van der Waals surface area (Å²) in [6.07, 6.45) is 5.38. The number of amides is 3. The zero-order chi connectivity index (χ0) is 29.6. The maximum atomic E-state index is 13.8. The van der Waals surface area contributed by atoms with E-state index in [-0.39, 0.29) is 23.8 Å². The molecule has 2 aliphatic heterocycles. The fraction of sp³-hybridized carbons (Fsp3) is 0.444. The van der Waals surface area contributed by atoms with Crippen LogP contribution in [0.5, 0.6) is 0 Å². The normalized spacial score (nSPS) is 15.9. The van der Waals surface area contributed by atoms with Crippen LogP contribution in [0.1, 0.15) is 92.3 Å². The highest BCUT2D eigenvalue weighted by atomic mass is 16.2. The Kier molecular flexibility index (Phi) is 9.51. The van der Waals surface area contributed by atoms with Gasteiger partial charge in [-0.1, -0.05) is 76.2 Å². The number of likely N-dealkylation sites (tertiary alicyclic amines) is 1. The second-order valence-electron chi connectivity index (χ2n) is 12.6. The minimum absolute atomic E-state index is 0.0604. The molecular weight excluding hydrogens is 520 g/mol. The van der Waals surface area contributed by atoms with E-state index in [2.05, 4.69) is 91.8 Å². The summed E-state index contributed by atoms with van der Waals surface area (Å²) in [5.41, 5.74) is 6.80. The molecule has 0 spiro atoms. The Morgan fingerprint density at radius 3 is 2.05 bits per heavy atom. The van der Waals surface area contributed by atoms with Gasteiger partial charge in [-0.25, -0.2) is 4.79 Å². The number of hydrogen-bond donors (Lipinski definition) is 2. The maximum absolute atomic E-state index is 13.8. The van der Waals surface area contributed by atoms with Crippen LogP contribution in [0, 0.1) is 5.92 Å². The van der Waals surface area contributed by atoms with Crippen LogP contribution in [-0.4, -0.2) is 43.0 Å². The number of hydrogen-bond acceptors (Lipinski definition) is 3. The minimum Gasteiger partial charge on any atom is -0.371 e. The fourth-order valence-corrected chi connectivity index (χ4v) is 6.45. The van der Waals surface area contributed by atoms with E-state index in [0.29, 0.717) is 17.2 Å². The van der Waals surface area contributed by atoms with E-state index in [0.717, 1.165) is 80.8 Å². The molecule has 3 amide bonds. The van der Waals surface area contributed by atoms with E-state index >= 15 is 0 Å². The van der Waals surface area contributed by atoms with Gasteiger partial charge in [0.25, 0.3) is 5.91 Å². The predicted octanol–water partition coefficient (Wildman–Crippen LogP) is 8.27. The lowest BCUT2D eigenvalue weighted by Gasteiger charge is -2.35. The number of carbonyl (C=O) groups is 2. The van der Waals surface area contributed by atoms with Crippen LogP contribution < -0.4 is 15.5 Å². The average molecular weight is 567 g/mol. The molecule has 2 N–H and O–H groups in total. The first kappa shape index (κ1) is 29.7. The molecule has 3 aromatic rings. The van der Waals surface area contributed by atoms with E-state index < -0.39 is 0 Å². The van der Waals surface area contributed by atoms with Crippen LogP contribution in [0.2, 0.25) is 0 Å². The first-order valence-corrected chi connectivity index (χ1v) is 15.7. The topological polar surface area (TPSA) is 64.7 Å². The van der Waals surface area contributed by atoms with E-state index in [4.69, 9.17) is 0 Å². The lowest BCUT2D eigenvalue weighted by atomic mass is 9.89. The number of carbonyl (C=O) groups excluding carboxylic acids is 2. The van der Waals surface area contributed by atoms with Gasteiger partial charge >= 0.3 is 6.03 Å². The van der Waals surface area contributed by atoms with Crippen molar-refractivity contribution in [2.75, 3.05) is 41.7 Å². The number of nitrogens with one attached hydrogen (secondary N) is 2. The Balaban J connectivity index is 1.34. The number of nitrogens with zero attached hydrogens (tertiary/aromatic N) is 2. The summed E-state index contributed by atoms with van der Waals surface area (Å²) in [5.74, 6) is 1.26. The molecule has 6 nitrogen and oxygen atoms in total. The van der Waals surface area contributed by atoms with Gasteiger partial charge in [0, 0.05) is 43.2 Å². The van der Waals surface area contributed by atoms with Crippen molar-refractivity contribution in [1.82, 2.24) is 4.90 Å². The highest BCUT2D eigenvalue weighted by molar-refractivity contribution is 6.04. The summed E-state index contributed by atoms with van der Waals surface area (Å²) in [4.78, 5) is 31.4. The molecular formula is C36H46N4O2. The Morgan fingerprint density at radius 1 is 0.786 bits per heavy atom. The van der Waals surface area contributed by atoms with Crippen molar-refractivity contribution in [3.63, 3.8) is 0 Å². The van der Waals surface area contributed by atoms with E-state index in [1.165, 1.54) is 5.56 Å². The molecule has 0 saturated carbocycles. The Bertz CT molecular complexity index is 1340. The van der Waals surface area contributed by atoms with E-state index in [1.54, 1.807) is 0 Å². The third-order valence-electron chi connectivity index (χ3n) is 8.81. The number of benzene rings is 3. The molecule has 0 radical (unpaired) electrons. The molecule has 2 heterocycles. The first-order valence-electron chi connectivity index (χ1n) is 15.7. The molecule has 0 aliphatic carbocycles. The summed E-state index contributed by atoms with van der Waals surface area (Å²) >= 11 is 0. The van der Waals surface area contributed by atoms with Crippen molar-refractivity contribution in [3.05, 3.63) is 89.0 Å². The maximum Gasteiger partial charge on any atom is 0.323 e. The highest BCUT2D eigenvalue weighted by Gasteiger charge is 2.27. The van der Waals surface area contributed by atoms with Gasteiger partial charge in [-0.3, -0.25) is 4.79 Å². The molecule has 2 fully saturated rings. The van der Waals surface area contributed by atoms with Gasteiger partial charge < -0.3 is 20.4 Å². The lowest BCUT2D eigenvalue weighted by molar-refractivity contribution is 0.0793. The Labute approximate surface area is 251 Å². The third kappa shape index (κ3) is 6.97. The summed E-state index contributed by atoms with van der Waals surface area (Å²) in [6.45, 7) is 12.0. The van der Waals surface area contributed by atoms with Crippen molar-refractivity contribution in [2.24, 2.45) is 5.92 Å². The molecule has 0 unspecified atom stereocenters. The zero-order valence-corrected chi connectivity index (χ0v) is 25.7. The zero-order valence-electron chi connectivity index (χ0n) is 25.7. The standard InChI is InChI=1S/C36H46N4O2/c1-25(2)30-13-10-14-31(26(3)4)34(30)38-36(42)37-29-15-16-33(32(24-29)35(41)40-19-8-9-20-40)39-21-17-28(18-22-39)23-27-11-6-5-7-12-27/h5-7,10-16,24-26,28H,8-9,17-23H2,1-4H3,(H2,37,38,42). The molecule has 0 aromatic heterocycles. The quantitative estimate of drug-likeness (QED) is 0.288. The van der Waals surface area contributed by atoms with Crippen molar-refractivity contribution in [3.8, 4) is 0 Å². The van der Waals surface area contributed by atoms with E-state index in [9.17, 15) is 9.59 Å². The van der Waals surface area contributed by atoms with Crippen LogP contribution in [0.15, 0.2) is 66.7 Å². The predicted molar refractivity (Wildman–Crippen MR) is 174 cm³/mol. The molecule has 5 rings (SSSR count). The van der Waals surface area contributed by atoms with Crippen LogP contribution in [0.4, 0.5) is 21.9 Å². The Hall–Kier alpha value is -3.80. The third-order valence-corrected chi connectivity index (χ3v) is 8.81. The lowest BCUT2D eigenvalue weighted by Crippen LogP contribution is -2.36. The minimum atomic E-state index is -0.293. The second kappa shape index (κ2) is 13.5. The molecule has 3 aromatic carbocycles. The summed E-state index contributed by atoms with van der Waals surface area (Å²) < 4.78 is 0. The molecule has 0 bridgehead atoms. The van der Waals surface area contributed by atoms with Crippen LogP contribution in [0.3, 0.4) is 0 Å². The van der Waals surface area contributed by atoms with Crippen LogP contribution >= 0.6 is 0 Å². The average Bonchev–Trinajstić information content (AvgIpc) is 3.53. The van der Waals surface area contributed by atoms with Crippen LogP contribution in [0.25, 0.3) is 0 Å². The highest BCUT2D eigenvalue weighted by Crippen LogP contribution is 2.34. The summed E-state index contributed by atoms with van der Waals surface area (Å²) in [7, 11) is 0. The fourth-order valence-electron chi connectivity index (χ4n) is 6.45. The molecule has 0 atom stereocenters. The van der Waals surface area contributed by atoms with Gasteiger partial charge in [0.05, 0.1) is 5.56 Å². The Morgan fingerprint density at radius 2 is 1.43 bits per heavy atom. The summed E-state index contributed by atoms with van der Waals surface area (Å²) in [6, 6.07) is 22.5. The van der Waals surface area contributed by atoms with Crippen molar-refractivity contribution >= 4 is 29.0 Å². The number of piperidine rings is 1. The molecule has 6 heteroatoms. The van der Waals surface area contributed by atoms with Crippen molar-refractivity contribution in [2.45, 2.75) is 71.6 Å². The summed E-state index contributed by atoms with van der Waals surface area (Å²) in [5, 5.41) is 6.17. The smallest absolute Gasteiger partial charge is 0.323 e. The second-order valence-corrected chi connectivity index (χ2v) is 12.6. The van der Waals surface area contributed by atoms with Gasteiger partial charge in [-0.05, 0) is 84.7 Å². The first-order chi connectivity index (χ1) is 20.3. The molecule has 42 heavy (non-hydrogen) atoms.